The van der Waals surface area contributed by atoms with Gasteiger partial charge in [-0.05, 0) is 48.9 Å². The number of rotatable bonds is 5. The number of nitrogens with one attached hydrogen (secondary N) is 1. The molecule has 0 saturated heterocycles. The Morgan fingerprint density at radius 2 is 1.83 bits per heavy atom. The molecule has 2 rings (SSSR count). The Hall–Kier alpha value is -2.40. The zero-order chi connectivity index (χ0) is 17.7. The maximum Gasteiger partial charge on any atom is 0.226 e. The lowest BCUT2D eigenvalue weighted by atomic mass is 10.2. The van der Waals surface area contributed by atoms with Crippen LogP contribution >= 0.6 is 11.6 Å². The van der Waals surface area contributed by atoms with Gasteiger partial charge in [0.15, 0.2) is 0 Å². The zero-order valence-corrected chi connectivity index (χ0v) is 14.2. The summed E-state index contributed by atoms with van der Waals surface area (Å²) < 4.78 is 13.0. The molecule has 2 aromatic carbocycles. The number of carbonyl (C=O) groups excluding carboxylic acids is 2. The Morgan fingerprint density at radius 3 is 2.42 bits per heavy atom. The molecule has 0 unspecified atom stereocenters. The second-order valence-corrected chi connectivity index (χ2v) is 5.82. The number of hydrogen-bond donors (Lipinski definition) is 1. The maximum absolute atomic E-state index is 13.0. The van der Waals surface area contributed by atoms with E-state index < -0.39 is 0 Å². The summed E-state index contributed by atoms with van der Waals surface area (Å²) in [6.07, 6.45) is 0.114. The fourth-order valence-corrected chi connectivity index (χ4v) is 2.38. The van der Waals surface area contributed by atoms with Crippen molar-refractivity contribution in [3.63, 3.8) is 0 Å². The SMILES string of the molecule is CC(=O)N(CCC(=O)Nc1ccc(C)c(Cl)c1)c1ccc(F)cc1. The van der Waals surface area contributed by atoms with Crippen LogP contribution in [0.5, 0.6) is 0 Å². The molecule has 0 bridgehead atoms. The molecule has 0 aliphatic carbocycles. The largest absolute Gasteiger partial charge is 0.326 e. The van der Waals surface area contributed by atoms with E-state index in [0.717, 1.165) is 5.56 Å². The van der Waals surface area contributed by atoms with Crippen molar-refractivity contribution >= 4 is 34.8 Å². The highest BCUT2D eigenvalue weighted by Gasteiger charge is 2.14. The lowest BCUT2D eigenvalue weighted by Gasteiger charge is -2.21. The van der Waals surface area contributed by atoms with Crippen LogP contribution in [0.25, 0.3) is 0 Å². The predicted octanol–water partition coefficient (Wildman–Crippen LogP) is 4.17. The van der Waals surface area contributed by atoms with E-state index in [0.29, 0.717) is 16.4 Å². The van der Waals surface area contributed by atoms with Gasteiger partial charge in [-0.1, -0.05) is 17.7 Å². The van der Waals surface area contributed by atoms with Crippen molar-refractivity contribution in [3.05, 3.63) is 58.9 Å². The molecule has 0 aliphatic rings. The van der Waals surface area contributed by atoms with Gasteiger partial charge in [-0.15, -0.1) is 0 Å². The van der Waals surface area contributed by atoms with Crippen molar-refractivity contribution in [1.29, 1.82) is 0 Å². The number of anilines is 2. The van der Waals surface area contributed by atoms with Crippen LogP contribution < -0.4 is 10.2 Å². The average molecular weight is 349 g/mol. The van der Waals surface area contributed by atoms with Gasteiger partial charge in [0.05, 0.1) is 0 Å². The fourth-order valence-electron chi connectivity index (χ4n) is 2.20. The number of nitrogens with zero attached hydrogens (tertiary/aromatic N) is 1. The van der Waals surface area contributed by atoms with Gasteiger partial charge >= 0.3 is 0 Å². The summed E-state index contributed by atoms with van der Waals surface area (Å²) >= 11 is 6.02. The summed E-state index contributed by atoms with van der Waals surface area (Å²) in [4.78, 5) is 25.3. The summed E-state index contributed by atoms with van der Waals surface area (Å²) in [7, 11) is 0. The molecule has 6 heteroatoms. The van der Waals surface area contributed by atoms with Crippen LogP contribution in [0.3, 0.4) is 0 Å². The second kappa shape index (κ2) is 7.93. The van der Waals surface area contributed by atoms with Gasteiger partial charge in [0, 0.05) is 36.3 Å². The van der Waals surface area contributed by atoms with Crippen LogP contribution in [0.4, 0.5) is 15.8 Å². The van der Waals surface area contributed by atoms with E-state index in [1.165, 1.54) is 36.1 Å². The first kappa shape index (κ1) is 17.9. The highest BCUT2D eigenvalue weighted by molar-refractivity contribution is 6.31. The Morgan fingerprint density at radius 1 is 1.17 bits per heavy atom. The molecule has 0 atom stereocenters. The van der Waals surface area contributed by atoms with E-state index in [4.69, 9.17) is 11.6 Å². The van der Waals surface area contributed by atoms with Crippen LogP contribution in [0.15, 0.2) is 42.5 Å². The first-order valence-corrected chi connectivity index (χ1v) is 7.84. The van der Waals surface area contributed by atoms with E-state index in [9.17, 15) is 14.0 Å². The molecule has 2 amide bonds. The second-order valence-electron chi connectivity index (χ2n) is 5.41. The minimum atomic E-state index is -0.378. The van der Waals surface area contributed by atoms with Crippen LogP contribution in [0, 0.1) is 12.7 Å². The maximum atomic E-state index is 13.0. The molecule has 24 heavy (non-hydrogen) atoms. The standard InChI is InChI=1S/C18H18ClFN2O2/c1-12-3-6-15(11-17(12)19)21-18(24)9-10-22(13(2)23)16-7-4-14(20)5-8-16/h3-8,11H,9-10H2,1-2H3,(H,21,24). The normalized spacial score (nSPS) is 10.3. The minimum absolute atomic E-state index is 0.114. The van der Waals surface area contributed by atoms with E-state index in [-0.39, 0.29) is 30.6 Å². The van der Waals surface area contributed by atoms with E-state index >= 15 is 0 Å². The summed E-state index contributed by atoms with van der Waals surface area (Å²) in [5.74, 6) is -0.827. The number of benzene rings is 2. The smallest absolute Gasteiger partial charge is 0.226 e. The van der Waals surface area contributed by atoms with Gasteiger partial charge in [-0.3, -0.25) is 9.59 Å². The summed E-state index contributed by atoms with van der Waals surface area (Å²) in [6, 6.07) is 10.8. The number of halogens is 2. The molecule has 0 saturated carbocycles. The number of aryl methyl sites for hydroxylation is 1. The zero-order valence-electron chi connectivity index (χ0n) is 13.5. The van der Waals surface area contributed by atoms with E-state index in [1.807, 2.05) is 13.0 Å². The Bertz CT molecular complexity index is 747. The molecule has 126 valence electrons. The van der Waals surface area contributed by atoms with Gasteiger partial charge in [0.25, 0.3) is 0 Å². The molecule has 0 aromatic heterocycles. The third-order valence-corrected chi connectivity index (χ3v) is 3.94. The third kappa shape index (κ3) is 4.80. The number of carbonyl (C=O) groups is 2. The Kier molecular flexibility index (Phi) is 5.93. The van der Waals surface area contributed by atoms with Crippen molar-refractivity contribution in [1.82, 2.24) is 0 Å². The Balaban J connectivity index is 1.98. The first-order valence-electron chi connectivity index (χ1n) is 7.46. The first-order chi connectivity index (χ1) is 11.4. The van der Waals surface area contributed by atoms with Crippen LogP contribution in [-0.2, 0) is 9.59 Å². The average Bonchev–Trinajstić information content (AvgIpc) is 2.52. The highest BCUT2D eigenvalue weighted by atomic mass is 35.5. The predicted molar refractivity (Wildman–Crippen MR) is 93.9 cm³/mol. The van der Waals surface area contributed by atoms with E-state index in [1.54, 1.807) is 12.1 Å². The third-order valence-electron chi connectivity index (χ3n) is 3.54. The number of amides is 2. The van der Waals surface area contributed by atoms with Crippen molar-refractivity contribution in [2.75, 3.05) is 16.8 Å². The van der Waals surface area contributed by atoms with Crippen LogP contribution in [-0.4, -0.2) is 18.4 Å². The molecule has 0 fully saturated rings. The summed E-state index contributed by atoms with van der Waals surface area (Å²) in [6.45, 7) is 3.48. The minimum Gasteiger partial charge on any atom is -0.326 e. The fraction of sp³-hybridized carbons (Fsp3) is 0.222. The van der Waals surface area contributed by atoms with Crippen LogP contribution in [0.1, 0.15) is 18.9 Å². The van der Waals surface area contributed by atoms with Gasteiger partial charge in [-0.2, -0.15) is 0 Å². The topological polar surface area (TPSA) is 49.4 Å². The van der Waals surface area contributed by atoms with E-state index in [2.05, 4.69) is 5.32 Å². The molecule has 4 nitrogen and oxygen atoms in total. The van der Waals surface area contributed by atoms with Crippen LogP contribution in [0.2, 0.25) is 5.02 Å². The monoisotopic (exact) mass is 348 g/mol. The van der Waals surface area contributed by atoms with Crippen molar-refractivity contribution < 1.29 is 14.0 Å². The number of hydrogen-bond acceptors (Lipinski definition) is 2. The van der Waals surface area contributed by atoms with Gasteiger partial charge in [0.1, 0.15) is 5.82 Å². The molecule has 0 heterocycles. The van der Waals surface area contributed by atoms with Crippen molar-refractivity contribution in [2.45, 2.75) is 20.3 Å². The molecular weight excluding hydrogens is 331 g/mol. The Labute approximate surface area is 145 Å². The van der Waals surface area contributed by atoms with Crippen molar-refractivity contribution in [2.24, 2.45) is 0 Å². The lowest BCUT2D eigenvalue weighted by Crippen LogP contribution is -2.31. The lowest BCUT2D eigenvalue weighted by molar-refractivity contribution is -0.117. The molecule has 0 aliphatic heterocycles. The van der Waals surface area contributed by atoms with Gasteiger partial charge < -0.3 is 10.2 Å². The molecule has 1 N–H and O–H groups in total. The highest BCUT2D eigenvalue weighted by Crippen LogP contribution is 2.20. The molecule has 0 spiro atoms. The molecule has 2 aromatic rings. The van der Waals surface area contributed by atoms with Gasteiger partial charge in [0.2, 0.25) is 11.8 Å². The molecular formula is C18H18ClFN2O2. The van der Waals surface area contributed by atoms with Gasteiger partial charge in [-0.25, -0.2) is 4.39 Å². The molecule has 0 radical (unpaired) electrons. The quantitative estimate of drug-likeness (QED) is 0.881. The van der Waals surface area contributed by atoms with Crippen molar-refractivity contribution in [3.8, 4) is 0 Å². The summed E-state index contributed by atoms with van der Waals surface area (Å²) in [5, 5.41) is 3.32. The summed E-state index contributed by atoms with van der Waals surface area (Å²) in [5.41, 5.74) is 2.08.